The third-order valence-corrected chi connectivity index (χ3v) is 4.20. The largest absolute Gasteiger partial charge is 0.307 e. The molecule has 3 nitrogen and oxygen atoms in total. The molecule has 1 atom stereocenters. The Kier molecular flexibility index (Phi) is 5.53. The molecule has 1 heterocycles. The van der Waals surface area contributed by atoms with Crippen molar-refractivity contribution >= 4 is 34.2 Å². The minimum absolute atomic E-state index is 0.520. The number of hydrogen-bond acceptors (Lipinski definition) is 2. The van der Waals surface area contributed by atoms with E-state index in [2.05, 4.69) is 46.9 Å². The summed E-state index contributed by atoms with van der Waals surface area (Å²) in [6.45, 7) is 7.17. The first-order chi connectivity index (χ1) is 7.47. The molecule has 5 heteroatoms. The fourth-order valence-corrected chi connectivity index (χ4v) is 3.12. The van der Waals surface area contributed by atoms with E-state index < -0.39 is 0 Å². The number of nitrogens with one attached hydrogen (secondary N) is 1. The Bertz CT molecular complexity index is 349. The average molecular weight is 356 g/mol. The van der Waals surface area contributed by atoms with Crippen LogP contribution in [-0.2, 0) is 13.6 Å². The molecule has 1 aromatic heterocycles. The van der Waals surface area contributed by atoms with Crippen LogP contribution in [0.15, 0.2) is 0 Å². The molecule has 0 fully saturated rings. The van der Waals surface area contributed by atoms with Crippen LogP contribution in [0.1, 0.15) is 25.2 Å². The van der Waals surface area contributed by atoms with Crippen LogP contribution in [0.4, 0.5) is 0 Å². The smallest absolute Gasteiger partial charge is 0.0860 e. The molecule has 16 heavy (non-hydrogen) atoms. The van der Waals surface area contributed by atoms with Crippen molar-refractivity contribution in [2.45, 2.75) is 33.4 Å². The summed E-state index contributed by atoms with van der Waals surface area (Å²) in [6.07, 6.45) is 0. The molecule has 1 N–H and O–H groups in total. The Labute approximate surface area is 116 Å². The normalized spacial score (nSPS) is 13.4. The highest BCUT2D eigenvalue weighted by Gasteiger charge is 2.15. The minimum atomic E-state index is 0.520. The molecule has 0 saturated carbocycles. The highest BCUT2D eigenvalue weighted by molar-refractivity contribution is 14.1. The number of aromatic nitrogens is 2. The highest BCUT2D eigenvalue weighted by Crippen LogP contribution is 2.19. The number of aryl methyl sites for hydroxylation is 2. The first kappa shape index (κ1) is 14.3. The van der Waals surface area contributed by atoms with Crippen LogP contribution in [0.3, 0.4) is 0 Å². The maximum atomic E-state index is 6.20. The molecular formula is C11H19ClIN3. The van der Waals surface area contributed by atoms with Gasteiger partial charge >= 0.3 is 0 Å². The second-order valence-electron chi connectivity index (χ2n) is 4.36. The summed E-state index contributed by atoms with van der Waals surface area (Å²) in [7, 11) is 1.93. The van der Waals surface area contributed by atoms with Crippen LogP contribution >= 0.6 is 34.2 Å². The van der Waals surface area contributed by atoms with Gasteiger partial charge in [0.25, 0.3) is 0 Å². The molecule has 92 valence electrons. The van der Waals surface area contributed by atoms with Gasteiger partial charge in [0.1, 0.15) is 0 Å². The van der Waals surface area contributed by atoms with Crippen molar-refractivity contribution < 1.29 is 0 Å². The van der Waals surface area contributed by atoms with Gasteiger partial charge in [-0.05, 0) is 12.8 Å². The van der Waals surface area contributed by atoms with Gasteiger partial charge in [0.2, 0.25) is 0 Å². The van der Waals surface area contributed by atoms with Crippen molar-refractivity contribution in [3.05, 3.63) is 16.4 Å². The summed E-state index contributed by atoms with van der Waals surface area (Å²) >= 11 is 8.61. The number of alkyl halides is 1. The Morgan fingerprint density at radius 3 is 2.50 bits per heavy atom. The first-order valence-corrected chi connectivity index (χ1v) is 7.35. The van der Waals surface area contributed by atoms with Crippen molar-refractivity contribution in [1.29, 1.82) is 0 Å². The number of rotatable bonds is 5. The monoisotopic (exact) mass is 355 g/mol. The lowest BCUT2D eigenvalue weighted by Gasteiger charge is -2.20. The van der Waals surface area contributed by atoms with Crippen LogP contribution in [0, 0.1) is 12.8 Å². The zero-order valence-corrected chi connectivity index (χ0v) is 13.1. The Morgan fingerprint density at radius 2 is 2.12 bits per heavy atom. The van der Waals surface area contributed by atoms with Crippen molar-refractivity contribution in [2.75, 3.05) is 4.43 Å². The van der Waals surface area contributed by atoms with Crippen LogP contribution in [0.5, 0.6) is 0 Å². The lowest BCUT2D eigenvalue weighted by atomic mass is 10.1. The predicted molar refractivity (Wildman–Crippen MR) is 77.3 cm³/mol. The molecule has 0 saturated heterocycles. The quantitative estimate of drug-likeness (QED) is 0.650. The van der Waals surface area contributed by atoms with Gasteiger partial charge in [-0.2, -0.15) is 5.10 Å². The lowest BCUT2D eigenvalue weighted by Crippen LogP contribution is -2.35. The number of hydrogen-bond donors (Lipinski definition) is 1. The molecule has 0 spiro atoms. The Hall–Kier alpha value is 0.190. The van der Waals surface area contributed by atoms with Gasteiger partial charge in [0.15, 0.2) is 0 Å². The molecule has 0 aliphatic rings. The van der Waals surface area contributed by atoms with Gasteiger partial charge < -0.3 is 5.32 Å². The molecule has 0 aliphatic heterocycles. The highest BCUT2D eigenvalue weighted by atomic mass is 127. The van der Waals surface area contributed by atoms with Crippen LogP contribution < -0.4 is 5.32 Å². The van der Waals surface area contributed by atoms with Gasteiger partial charge in [0, 0.05) is 24.1 Å². The number of nitrogens with zero attached hydrogens (tertiary/aromatic N) is 2. The van der Waals surface area contributed by atoms with E-state index in [4.69, 9.17) is 11.6 Å². The van der Waals surface area contributed by atoms with Gasteiger partial charge in [0.05, 0.1) is 16.4 Å². The predicted octanol–water partition coefficient (Wildman–Crippen LogP) is 2.93. The SMILES string of the molecule is Cc1nn(C)c(CNC(CI)C(C)C)c1Cl. The average Bonchev–Trinajstić information content (AvgIpc) is 2.44. The van der Waals surface area contributed by atoms with E-state index in [-0.39, 0.29) is 0 Å². The van der Waals surface area contributed by atoms with Crippen molar-refractivity contribution in [3.8, 4) is 0 Å². The maximum Gasteiger partial charge on any atom is 0.0860 e. The minimum Gasteiger partial charge on any atom is -0.307 e. The summed E-state index contributed by atoms with van der Waals surface area (Å²) in [6, 6.07) is 0.520. The summed E-state index contributed by atoms with van der Waals surface area (Å²) in [5.74, 6) is 0.630. The van der Waals surface area contributed by atoms with Gasteiger partial charge in [-0.3, -0.25) is 4.68 Å². The molecule has 0 radical (unpaired) electrons. The van der Waals surface area contributed by atoms with E-state index in [9.17, 15) is 0 Å². The van der Waals surface area contributed by atoms with Crippen LogP contribution in [-0.4, -0.2) is 20.2 Å². The summed E-state index contributed by atoms with van der Waals surface area (Å²) in [5.41, 5.74) is 1.96. The fourth-order valence-electron chi connectivity index (χ4n) is 1.57. The zero-order chi connectivity index (χ0) is 12.3. The summed E-state index contributed by atoms with van der Waals surface area (Å²) in [5, 5.41) is 8.61. The second kappa shape index (κ2) is 6.21. The van der Waals surface area contributed by atoms with Gasteiger partial charge in [-0.25, -0.2) is 0 Å². The Balaban J connectivity index is 2.67. The fraction of sp³-hybridized carbons (Fsp3) is 0.727. The maximum absolute atomic E-state index is 6.20. The first-order valence-electron chi connectivity index (χ1n) is 5.44. The molecule has 0 aromatic carbocycles. The van der Waals surface area contributed by atoms with E-state index in [1.807, 2.05) is 18.7 Å². The lowest BCUT2D eigenvalue weighted by molar-refractivity contribution is 0.429. The Morgan fingerprint density at radius 1 is 1.50 bits per heavy atom. The van der Waals surface area contributed by atoms with Crippen molar-refractivity contribution in [1.82, 2.24) is 15.1 Å². The molecule has 1 rings (SSSR count). The van der Waals surface area contributed by atoms with Gasteiger partial charge in [-0.15, -0.1) is 0 Å². The van der Waals surface area contributed by atoms with E-state index in [1.165, 1.54) is 0 Å². The van der Waals surface area contributed by atoms with Crippen molar-refractivity contribution in [3.63, 3.8) is 0 Å². The molecular weight excluding hydrogens is 336 g/mol. The molecule has 0 amide bonds. The molecule has 0 bridgehead atoms. The summed E-state index contributed by atoms with van der Waals surface area (Å²) in [4.78, 5) is 0. The molecule has 0 aliphatic carbocycles. The molecule has 1 aromatic rings. The molecule has 1 unspecified atom stereocenters. The standard InChI is InChI=1S/C11H19ClIN3/c1-7(2)9(5-13)14-6-10-11(12)8(3)15-16(10)4/h7,9,14H,5-6H2,1-4H3. The van der Waals surface area contributed by atoms with Crippen LogP contribution in [0.2, 0.25) is 5.02 Å². The summed E-state index contributed by atoms with van der Waals surface area (Å²) < 4.78 is 2.96. The van der Waals surface area contributed by atoms with Crippen molar-refractivity contribution in [2.24, 2.45) is 13.0 Å². The van der Waals surface area contributed by atoms with Crippen LogP contribution in [0.25, 0.3) is 0 Å². The van der Waals surface area contributed by atoms with E-state index in [1.54, 1.807) is 0 Å². The van der Waals surface area contributed by atoms with Gasteiger partial charge in [-0.1, -0.05) is 48.0 Å². The number of halogens is 2. The third-order valence-electron chi connectivity index (χ3n) is 2.76. The third kappa shape index (κ3) is 3.34. The second-order valence-corrected chi connectivity index (χ2v) is 5.61. The van der Waals surface area contributed by atoms with E-state index in [0.717, 1.165) is 27.4 Å². The van der Waals surface area contributed by atoms with E-state index >= 15 is 0 Å². The van der Waals surface area contributed by atoms with E-state index in [0.29, 0.717) is 12.0 Å². The zero-order valence-electron chi connectivity index (χ0n) is 10.2. The topological polar surface area (TPSA) is 29.9 Å².